The molecule has 1 fully saturated rings. The van der Waals surface area contributed by atoms with E-state index >= 15 is 0 Å². The number of alkyl halides is 17. The van der Waals surface area contributed by atoms with Crippen LogP contribution in [0, 0.1) is 0 Å². The predicted octanol–water partition coefficient (Wildman–Crippen LogP) is 5.27. The molecule has 0 aromatic rings. The van der Waals surface area contributed by atoms with Gasteiger partial charge in [-0.3, -0.25) is 9.47 Å². The van der Waals surface area contributed by atoms with E-state index < -0.39 is 67.7 Å². The van der Waals surface area contributed by atoms with Gasteiger partial charge < -0.3 is 9.47 Å². The molecule has 0 radical (unpaired) electrons. The molecule has 1 aliphatic rings. The number of hydrogen-bond donors (Lipinski definition) is 0. The van der Waals surface area contributed by atoms with Gasteiger partial charge >= 0.3 is 48.4 Å². The first-order valence-corrected chi connectivity index (χ1v) is 7.55. The second-order valence-corrected chi connectivity index (χ2v) is 6.10. The molecule has 0 N–H and O–H groups in total. The van der Waals surface area contributed by atoms with Gasteiger partial charge in [-0.2, -0.15) is 74.6 Å². The zero-order valence-electron chi connectivity index (χ0n) is 14.8. The highest BCUT2D eigenvalue weighted by atomic mass is 19.4. The molecule has 1 rings (SSSR count). The minimum Gasteiger partial charge on any atom is -0.372 e. The molecule has 0 amide bonds. The summed E-state index contributed by atoms with van der Waals surface area (Å²) in [7, 11) is 0. The van der Waals surface area contributed by atoms with Crippen molar-refractivity contribution in [2.24, 2.45) is 0 Å². The summed E-state index contributed by atoms with van der Waals surface area (Å²) < 4.78 is 230. The second-order valence-electron chi connectivity index (χ2n) is 6.10. The number of rotatable bonds is 10. The highest BCUT2D eigenvalue weighted by Gasteiger charge is 2.85. The van der Waals surface area contributed by atoms with Crippen LogP contribution in [-0.4, -0.2) is 74.3 Å². The molecule has 0 aromatic heterocycles. The van der Waals surface area contributed by atoms with E-state index in [-0.39, 0.29) is 6.61 Å². The third-order valence-electron chi connectivity index (χ3n) is 3.44. The van der Waals surface area contributed by atoms with E-state index in [2.05, 4.69) is 14.2 Å². The quantitative estimate of drug-likeness (QED) is 0.281. The summed E-state index contributed by atoms with van der Waals surface area (Å²) in [6, 6.07) is 0. The average molecular weight is 538 g/mol. The molecule has 0 spiro atoms. The van der Waals surface area contributed by atoms with Crippen LogP contribution >= 0.6 is 0 Å². The maximum Gasteiger partial charge on any atom is 0.462 e. The largest absolute Gasteiger partial charge is 0.462 e. The van der Waals surface area contributed by atoms with Crippen molar-refractivity contribution < 1.29 is 93.6 Å². The van der Waals surface area contributed by atoms with Gasteiger partial charge in [-0.05, 0) is 0 Å². The Bertz CT molecular complexity index is 681. The molecule has 0 saturated carbocycles. The van der Waals surface area contributed by atoms with Crippen LogP contribution in [-0.2, 0) is 18.9 Å². The van der Waals surface area contributed by atoms with Crippen molar-refractivity contribution in [3.63, 3.8) is 0 Å². The maximum absolute atomic E-state index is 13.9. The number of hydrogen-bond acceptors (Lipinski definition) is 4. The fraction of sp³-hybridized carbons (Fsp3) is 1.00. The summed E-state index contributed by atoms with van der Waals surface area (Å²) in [5.41, 5.74) is 0. The Labute approximate surface area is 169 Å². The smallest absolute Gasteiger partial charge is 0.372 e. The highest BCUT2D eigenvalue weighted by molar-refractivity contribution is 4.95. The van der Waals surface area contributed by atoms with Crippen molar-refractivity contribution in [1.29, 1.82) is 0 Å². The minimum atomic E-state index is -7.89. The van der Waals surface area contributed by atoms with E-state index in [1.54, 1.807) is 0 Å². The van der Waals surface area contributed by atoms with Crippen LogP contribution in [0.3, 0.4) is 0 Å². The summed E-state index contributed by atoms with van der Waals surface area (Å²) in [5, 5.41) is 0. The molecule has 0 aliphatic carbocycles. The van der Waals surface area contributed by atoms with Gasteiger partial charge in [-0.25, -0.2) is 0 Å². The van der Waals surface area contributed by atoms with Crippen molar-refractivity contribution in [2.45, 2.75) is 54.5 Å². The molecule has 33 heavy (non-hydrogen) atoms. The Morgan fingerprint density at radius 3 is 1.39 bits per heavy atom. The standard InChI is InChI=1S/C12H7F17O4/c13-5(8(17,18)19,3-30-1-4-2-31-4)32-12(28,29)7(16,10(23,24)25)33-11(26,27)6(14,15)9(20,21)22/h4H,1-3H2. The van der Waals surface area contributed by atoms with Crippen LogP contribution in [0.15, 0.2) is 0 Å². The van der Waals surface area contributed by atoms with Gasteiger partial charge in [-0.15, -0.1) is 0 Å². The fourth-order valence-corrected chi connectivity index (χ4v) is 1.61. The lowest BCUT2D eigenvalue weighted by atomic mass is 10.2. The first-order chi connectivity index (χ1) is 14.2. The van der Waals surface area contributed by atoms with Gasteiger partial charge in [-0.1, -0.05) is 0 Å². The normalized spacial score (nSPS) is 22.6. The van der Waals surface area contributed by atoms with E-state index in [1.807, 2.05) is 0 Å². The average Bonchev–Trinajstić information content (AvgIpc) is 3.34. The zero-order chi connectivity index (χ0) is 26.5. The summed E-state index contributed by atoms with van der Waals surface area (Å²) in [4.78, 5) is 0. The van der Waals surface area contributed by atoms with Gasteiger partial charge in [0.25, 0.3) is 0 Å². The zero-order valence-corrected chi connectivity index (χ0v) is 14.8. The summed E-state index contributed by atoms with van der Waals surface area (Å²) in [5.74, 6) is -21.8. The topological polar surface area (TPSA) is 40.2 Å². The van der Waals surface area contributed by atoms with E-state index in [0.717, 1.165) is 0 Å². The van der Waals surface area contributed by atoms with Crippen LogP contribution in [0.4, 0.5) is 74.6 Å². The molecule has 1 heterocycles. The Morgan fingerprint density at radius 1 is 0.606 bits per heavy atom. The molecule has 3 unspecified atom stereocenters. The van der Waals surface area contributed by atoms with E-state index in [1.165, 1.54) is 4.74 Å². The van der Waals surface area contributed by atoms with Gasteiger partial charge in [0.15, 0.2) is 0 Å². The van der Waals surface area contributed by atoms with Gasteiger partial charge in [0, 0.05) is 0 Å². The van der Waals surface area contributed by atoms with Crippen LogP contribution in [0.5, 0.6) is 0 Å². The lowest BCUT2D eigenvalue weighted by Crippen LogP contribution is -2.67. The third kappa shape index (κ3) is 5.84. The van der Waals surface area contributed by atoms with Gasteiger partial charge in [0.1, 0.15) is 12.7 Å². The lowest BCUT2D eigenvalue weighted by Gasteiger charge is -2.40. The summed E-state index contributed by atoms with van der Waals surface area (Å²) >= 11 is 0. The molecule has 4 nitrogen and oxygen atoms in total. The molecule has 3 atom stereocenters. The van der Waals surface area contributed by atoms with Crippen molar-refractivity contribution >= 4 is 0 Å². The second kappa shape index (κ2) is 8.40. The molecule has 198 valence electrons. The Morgan fingerprint density at radius 2 is 1.06 bits per heavy atom. The number of halogens is 17. The van der Waals surface area contributed by atoms with Crippen LogP contribution in [0.2, 0.25) is 0 Å². The van der Waals surface area contributed by atoms with Gasteiger partial charge in [0.2, 0.25) is 0 Å². The van der Waals surface area contributed by atoms with Crippen molar-refractivity contribution in [3.05, 3.63) is 0 Å². The van der Waals surface area contributed by atoms with Crippen LogP contribution < -0.4 is 0 Å². The monoisotopic (exact) mass is 538 g/mol. The number of epoxide rings is 1. The van der Waals surface area contributed by atoms with Gasteiger partial charge in [0.05, 0.1) is 13.2 Å². The first-order valence-electron chi connectivity index (χ1n) is 7.55. The van der Waals surface area contributed by atoms with E-state index in [0.29, 0.717) is 0 Å². The number of ether oxygens (including phenoxy) is 4. The molecular weight excluding hydrogens is 531 g/mol. The molecule has 1 saturated heterocycles. The molecule has 0 bridgehead atoms. The van der Waals surface area contributed by atoms with Crippen LogP contribution in [0.1, 0.15) is 0 Å². The predicted molar refractivity (Wildman–Crippen MR) is 63.4 cm³/mol. The van der Waals surface area contributed by atoms with E-state index in [4.69, 9.17) is 0 Å². The molecule has 0 aromatic carbocycles. The lowest BCUT2D eigenvalue weighted by molar-refractivity contribution is -0.553. The fourth-order valence-electron chi connectivity index (χ4n) is 1.61. The first kappa shape index (κ1) is 29.7. The minimum absolute atomic E-state index is 0.208. The summed E-state index contributed by atoms with van der Waals surface area (Å²) in [6.07, 6.45) is -38.7. The third-order valence-corrected chi connectivity index (χ3v) is 3.44. The van der Waals surface area contributed by atoms with E-state index in [9.17, 15) is 74.6 Å². The molecule has 21 heteroatoms. The maximum atomic E-state index is 13.9. The van der Waals surface area contributed by atoms with Crippen molar-refractivity contribution in [1.82, 2.24) is 0 Å². The Kier molecular flexibility index (Phi) is 7.55. The van der Waals surface area contributed by atoms with Crippen molar-refractivity contribution in [2.75, 3.05) is 19.8 Å². The highest BCUT2D eigenvalue weighted by Crippen LogP contribution is 2.56. The summed E-state index contributed by atoms with van der Waals surface area (Å²) in [6.45, 7) is -4.04. The molecule has 1 aliphatic heterocycles. The Balaban J connectivity index is 3.40. The molecular formula is C12H7F17O4. The Hall–Kier alpha value is -1.35. The SMILES string of the molecule is FC(F)(F)C(F)(COCC1CO1)OC(F)(F)C(F)(OC(F)(F)C(F)(F)C(F)(F)F)C(F)(F)F. The van der Waals surface area contributed by atoms with Crippen molar-refractivity contribution in [3.8, 4) is 0 Å². The van der Waals surface area contributed by atoms with Crippen LogP contribution in [0.25, 0.3) is 0 Å².